The molecule has 0 saturated heterocycles. The summed E-state index contributed by atoms with van der Waals surface area (Å²) < 4.78 is 13.8. The zero-order chi connectivity index (χ0) is 25.2. The number of hydrogen-bond acceptors (Lipinski definition) is 4. The van der Waals surface area contributed by atoms with Crippen molar-refractivity contribution in [2.45, 2.75) is 32.2 Å². The van der Waals surface area contributed by atoms with E-state index < -0.39 is 0 Å². The molecule has 0 spiro atoms. The molecule has 4 aromatic rings. The molecule has 0 atom stereocenters. The monoisotopic (exact) mass is 483 g/mol. The summed E-state index contributed by atoms with van der Waals surface area (Å²) in [6.45, 7) is 5.55. The second-order valence-electron chi connectivity index (χ2n) is 8.61. The minimum Gasteiger partial charge on any atom is -0.493 e. The highest BCUT2D eigenvalue weighted by Crippen LogP contribution is 2.28. The Labute approximate surface area is 212 Å². The Balaban J connectivity index is 1.35. The first-order chi connectivity index (χ1) is 17.7. The van der Waals surface area contributed by atoms with Crippen LogP contribution < -0.4 is 14.8 Å². The maximum Gasteiger partial charge on any atom is 0.224 e. The molecule has 186 valence electrons. The van der Waals surface area contributed by atoms with Crippen molar-refractivity contribution in [2.75, 3.05) is 20.3 Å². The minimum absolute atomic E-state index is 0.0381. The summed E-state index contributed by atoms with van der Waals surface area (Å²) in [7, 11) is 1.65. The maximum absolute atomic E-state index is 12.3. The Bertz CT molecular complexity index is 1300. The van der Waals surface area contributed by atoms with Gasteiger partial charge in [0.25, 0.3) is 0 Å². The highest BCUT2D eigenvalue weighted by molar-refractivity contribution is 5.78. The van der Waals surface area contributed by atoms with Crippen LogP contribution in [0.3, 0.4) is 0 Å². The molecule has 0 aliphatic rings. The van der Waals surface area contributed by atoms with Gasteiger partial charge in [0.1, 0.15) is 12.4 Å². The molecule has 0 aliphatic heterocycles. The van der Waals surface area contributed by atoms with E-state index in [4.69, 9.17) is 14.5 Å². The van der Waals surface area contributed by atoms with Crippen molar-refractivity contribution in [1.82, 2.24) is 14.9 Å². The van der Waals surface area contributed by atoms with Crippen molar-refractivity contribution in [3.8, 4) is 11.5 Å². The summed E-state index contributed by atoms with van der Waals surface area (Å²) >= 11 is 0. The summed E-state index contributed by atoms with van der Waals surface area (Å²) in [6, 6.07) is 23.9. The van der Waals surface area contributed by atoms with E-state index in [-0.39, 0.29) is 5.91 Å². The molecule has 1 N–H and O–H groups in total. The van der Waals surface area contributed by atoms with E-state index in [0.717, 1.165) is 58.7 Å². The number of carbonyl (C=O) groups excluding carboxylic acids is 1. The third-order valence-corrected chi connectivity index (χ3v) is 6.02. The number of rotatable bonds is 13. The Hall–Kier alpha value is -4.06. The average molecular weight is 484 g/mol. The van der Waals surface area contributed by atoms with E-state index in [1.165, 1.54) is 0 Å². The number of hydrogen-bond donors (Lipinski definition) is 1. The van der Waals surface area contributed by atoms with Gasteiger partial charge in [-0.3, -0.25) is 4.79 Å². The topological polar surface area (TPSA) is 65.4 Å². The van der Waals surface area contributed by atoms with Gasteiger partial charge in [0.2, 0.25) is 5.91 Å². The predicted octanol–water partition coefficient (Wildman–Crippen LogP) is 5.14. The van der Waals surface area contributed by atoms with Crippen LogP contribution in [0, 0.1) is 0 Å². The molecule has 1 amide bonds. The van der Waals surface area contributed by atoms with Crippen molar-refractivity contribution in [1.29, 1.82) is 0 Å². The molecular formula is C30H33N3O3. The number of amides is 1. The number of methoxy groups -OCH3 is 1. The Morgan fingerprint density at radius 2 is 1.83 bits per heavy atom. The largest absolute Gasteiger partial charge is 0.493 e. The second-order valence-corrected chi connectivity index (χ2v) is 8.61. The van der Waals surface area contributed by atoms with Crippen molar-refractivity contribution < 1.29 is 14.3 Å². The van der Waals surface area contributed by atoms with Crippen LogP contribution in [-0.2, 0) is 30.6 Å². The number of carbonyl (C=O) groups is 1. The van der Waals surface area contributed by atoms with E-state index in [1.807, 2.05) is 72.8 Å². The van der Waals surface area contributed by atoms with E-state index in [0.29, 0.717) is 26.1 Å². The first-order valence-electron chi connectivity index (χ1n) is 12.3. The minimum atomic E-state index is 0.0381. The first-order valence-corrected chi connectivity index (χ1v) is 12.3. The standard InChI is InChI=1S/C30H33N3O3/c1-3-10-23-16-17-27(28(21-23)35-2)36-20-19-33-26-14-8-7-13-25(26)32-29(33)15-9-18-31-30(34)22-24-11-5-4-6-12-24/h3-8,11-14,16-17,21H,1,9-10,15,18-20,22H2,2H3,(H,31,34). The van der Waals surface area contributed by atoms with Gasteiger partial charge in [-0.05, 0) is 48.2 Å². The van der Waals surface area contributed by atoms with Crippen molar-refractivity contribution >= 4 is 16.9 Å². The molecule has 1 heterocycles. The number of nitrogens with zero attached hydrogens (tertiary/aromatic N) is 2. The zero-order valence-electron chi connectivity index (χ0n) is 20.8. The molecule has 0 aliphatic carbocycles. The summed E-state index contributed by atoms with van der Waals surface area (Å²) in [5.74, 6) is 2.47. The van der Waals surface area contributed by atoms with Crippen LogP contribution in [0.25, 0.3) is 11.0 Å². The average Bonchev–Trinajstić information content (AvgIpc) is 3.25. The normalized spacial score (nSPS) is 10.8. The van der Waals surface area contributed by atoms with Gasteiger partial charge in [-0.1, -0.05) is 54.6 Å². The van der Waals surface area contributed by atoms with Gasteiger partial charge in [-0.25, -0.2) is 4.98 Å². The molecule has 0 fully saturated rings. The van der Waals surface area contributed by atoms with Gasteiger partial charge in [0.15, 0.2) is 11.5 Å². The van der Waals surface area contributed by atoms with Gasteiger partial charge in [-0.15, -0.1) is 6.58 Å². The molecule has 0 unspecified atom stereocenters. The number of aryl methyl sites for hydroxylation is 1. The zero-order valence-corrected chi connectivity index (χ0v) is 20.8. The second kappa shape index (κ2) is 12.6. The maximum atomic E-state index is 12.3. The number of fused-ring (bicyclic) bond motifs is 1. The van der Waals surface area contributed by atoms with Crippen LogP contribution in [0.4, 0.5) is 0 Å². The number of benzene rings is 3. The SMILES string of the molecule is C=CCc1ccc(OCCn2c(CCCNC(=O)Cc3ccccc3)nc3ccccc32)c(OC)c1. The number of aromatic nitrogens is 2. The summed E-state index contributed by atoms with van der Waals surface area (Å²) in [6.07, 6.45) is 4.63. The predicted molar refractivity (Wildman–Crippen MR) is 144 cm³/mol. The quantitative estimate of drug-likeness (QED) is 0.211. The van der Waals surface area contributed by atoms with Crippen LogP contribution in [0.2, 0.25) is 0 Å². The Morgan fingerprint density at radius 3 is 2.64 bits per heavy atom. The third-order valence-electron chi connectivity index (χ3n) is 6.02. The van der Waals surface area contributed by atoms with E-state index in [9.17, 15) is 4.79 Å². The molecule has 1 aromatic heterocycles. The molecule has 0 bridgehead atoms. The van der Waals surface area contributed by atoms with Gasteiger partial charge in [0.05, 0.1) is 31.1 Å². The molecule has 0 saturated carbocycles. The van der Waals surface area contributed by atoms with Gasteiger partial charge in [-0.2, -0.15) is 0 Å². The van der Waals surface area contributed by atoms with Gasteiger partial charge >= 0.3 is 0 Å². The van der Waals surface area contributed by atoms with Crippen molar-refractivity contribution in [3.63, 3.8) is 0 Å². The van der Waals surface area contributed by atoms with Crippen LogP contribution in [0.15, 0.2) is 85.5 Å². The van der Waals surface area contributed by atoms with E-state index >= 15 is 0 Å². The van der Waals surface area contributed by atoms with Gasteiger partial charge in [0, 0.05) is 13.0 Å². The molecule has 6 nitrogen and oxygen atoms in total. The molecule has 3 aromatic carbocycles. The van der Waals surface area contributed by atoms with Gasteiger partial charge < -0.3 is 19.4 Å². The smallest absolute Gasteiger partial charge is 0.224 e. The number of allylic oxidation sites excluding steroid dienone is 1. The molecular weight excluding hydrogens is 450 g/mol. The number of nitrogens with one attached hydrogen (secondary N) is 1. The fourth-order valence-electron chi connectivity index (χ4n) is 4.26. The first kappa shape index (κ1) is 25.0. The van der Waals surface area contributed by atoms with Crippen LogP contribution in [-0.4, -0.2) is 35.7 Å². The molecule has 4 rings (SSSR count). The number of imidazole rings is 1. The molecule has 36 heavy (non-hydrogen) atoms. The number of para-hydroxylation sites is 2. The fraction of sp³-hybridized carbons (Fsp3) is 0.267. The third kappa shape index (κ3) is 6.54. The lowest BCUT2D eigenvalue weighted by molar-refractivity contribution is -0.120. The Morgan fingerprint density at radius 1 is 1.03 bits per heavy atom. The lowest BCUT2D eigenvalue weighted by atomic mass is 10.1. The Kier molecular flexibility index (Phi) is 8.76. The van der Waals surface area contributed by atoms with E-state index in [1.54, 1.807) is 7.11 Å². The van der Waals surface area contributed by atoms with Crippen LogP contribution in [0.5, 0.6) is 11.5 Å². The summed E-state index contributed by atoms with van der Waals surface area (Å²) in [5, 5.41) is 3.02. The number of ether oxygens (including phenoxy) is 2. The molecule has 0 radical (unpaired) electrons. The van der Waals surface area contributed by atoms with Crippen molar-refractivity contribution in [3.05, 3.63) is 102 Å². The van der Waals surface area contributed by atoms with Crippen LogP contribution in [0.1, 0.15) is 23.4 Å². The highest BCUT2D eigenvalue weighted by Gasteiger charge is 2.12. The van der Waals surface area contributed by atoms with E-state index in [2.05, 4.69) is 22.5 Å². The lowest BCUT2D eigenvalue weighted by Gasteiger charge is -2.14. The summed E-state index contributed by atoms with van der Waals surface area (Å²) in [5.41, 5.74) is 4.20. The summed E-state index contributed by atoms with van der Waals surface area (Å²) in [4.78, 5) is 17.1. The van der Waals surface area contributed by atoms with Crippen LogP contribution >= 0.6 is 0 Å². The lowest BCUT2D eigenvalue weighted by Crippen LogP contribution is -2.26. The molecule has 6 heteroatoms. The fourth-order valence-corrected chi connectivity index (χ4v) is 4.26. The van der Waals surface area contributed by atoms with Crippen molar-refractivity contribution in [2.24, 2.45) is 0 Å². The highest BCUT2D eigenvalue weighted by atomic mass is 16.5.